The third-order valence-electron chi connectivity index (χ3n) is 6.56. The Hall–Kier alpha value is -4.68. The van der Waals surface area contributed by atoms with Gasteiger partial charge in [0.15, 0.2) is 23.2 Å². The average molecular weight is 659 g/mol. The molecular weight excluding hydrogens is 617 g/mol. The van der Waals surface area contributed by atoms with Gasteiger partial charge in [0, 0.05) is 24.5 Å². The molecule has 2 atom stereocenters. The normalized spacial score (nSPS) is 13.0. The van der Waals surface area contributed by atoms with Gasteiger partial charge in [-0.05, 0) is 96.2 Å². The first kappa shape index (κ1) is 36.8. The van der Waals surface area contributed by atoms with Crippen LogP contribution in [0.15, 0.2) is 48.7 Å². The number of ketones is 1. The first-order valence-corrected chi connectivity index (χ1v) is 15.2. The van der Waals surface area contributed by atoms with Crippen LogP contribution >= 0.6 is 0 Å². The molecule has 0 aliphatic heterocycles. The topological polar surface area (TPSA) is 136 Å². The van der Waals surface area contributed by atoms with Crippen molar-refractivity contribution in [2.45, 2.75) is 90.5 Å². The number of nitrogens with zero attached hydrogens (tertiary/aromatic N) is 1. The number of alkyl carbamates (subject to hydrolysis) is 2. The molecule has 3 N–H and O–H groups in total. The fourth-order valence-electron chi connectivity index (χ4n) is 4.55. The number of Topliss-reactive ketones (excluding diaryl/α,β-unsaturated/α-hetero) is 1. The van der Waals surface area contributed by atoms with Gasteiger partial charge in [-0.25, -0.2) is 22.8 Å². The summed E-state index contributed by atoms with van der Waals surface area (Å²) in [6.45, 7) is 10.2. The van der Waals surface area contributed by atoms with Crippen molar-refractivity contribution in [2.24, 2.45) is 0 Å². The number of hydrogen-bond acceptors (Lipinski definition) is 7. The fraction of sp³-hybridized carbons (Fsp3) is 0.441. The number of halogens is 3. The first-order chi connectivity index (χ1) is 21.9. The largest absolute Gasteiger partial charge is 0.444 e. The number of amides is 3. The van der Waals surface area contributed by atoms with Crippen molar-refractivity contribution in [3.8, 4) is 0 Å². The Morgan fingerprint density at radius 1 is 0.809 bits per heavy atom. The molecule has 1 unspecified atom stereocenters. The number of pyridine rings is 1. The zero-order valence-electron chi connectivity index (χ0n) is 27.3. The second kappa shape index (κ2) is 15.7. The van der Waals surface area contributed by atoms with E-state index < -0.39 is 64.6 Å². The zero-order chi connectivity index (χ0) is 34.9. The maximum Gasteiger partial charge on any atom is 0.408 e. The molecule has 0 saturated heterocycles. The number of fused-ring (bicyclic) bond motifs is 1. The van der Waals surface area contributed by atoms with Crippen LogP contribution in [-0.2, 0) is 31.9 Å². The van der Waals surface area contributed by atoms with Gasteiger partial charge in [0.25, 0.3) is 0 Å². The molecule has 13 heteroatoms. The number of aromatic nitrogens is 1. The number of benzene rings is 2. The number of rotatable bonds is 12. The number of carbonyl (C=O) groups excluding carboxylic acids is 4. The SMILES string of the molecule is CC(C)(C)OC(=O)NCCC[C@H](NC(=O)OC(C)(C)C)C(=O)NC(Cc1cc(F)c(F)c(F)c1)C(=O)Cc1cnc2ccccc2c1. The van der Waals surface area contributed by atoms with Crippen molar-refractivity contribution < 1.29 is 41.8 Å². The minimum absolute atomic E-state index is 0.0101. The number of nitrogens with one attached hydrogen (secondary N) is 3. The van der Waals surface area contributed by atoms with Crippen LogP contribution in [0.5, 0.6) is 0 Å². The lowest BCUT2D eigenvalue weighted by atomic mass is 9.97. The molecule has 0 aliphatic carbocycles. The highest BCUT2D eigenvalue weighted by molar-refractivity contribution is 5.93. The quantitative estimate of drug-likeness (QED) is 0.168. The number of hydrogen-bond donors (Lipinski definition) is 3. The van der Waals surface area contributed by atoms with E-state index in [4.69, 9.17) is 9.47 Å². The van der Waals surface area contributed by atoms with Gasteiger partial charge in [0.2, 0.25) is 5.91 Å². The van der Waals surface area contributed by atoms with Crippen LogP contribution in [-0.4, -0.2) is 58.7 Å². The van der Waals surface area contributed by atoms with Crippen LogP contribution < -0.4 is 16.0 Å². The van der Waals surface area contributed by atoms with Gasteiger partial charge >= 0.3 is 12.2 Å². The van der Waals surface area contributed by atoms with Crippen molar-refractivity contribution >= 4 is 34.8 Å². The number of carbonyl (C=O) groups is 4. The Bertz CT molecular complexity index is 1580. The average Bonchev–Trinajstić information content (AvgIpc) is 2.95. The van der Waals surface area contributed by atoms with Crippen LogP contribution in [0.4, 0.5) is 22.8 Å². The molecule has 0 aliphatic rings. The summed E-state index contributed by atoms with van der Waals surface area (Å²) < 4.78 is 52.3. The highest BCUT2D eigenvalue weighted by Crippen LogP contribution is 2.18. The Morgan fingerprint density at radius 3 is 2.06 bits per heavy atom. The lowest BCUT2D eigenvalue weighted by Crippen LogP contribution is -2.53. The minimum atomic E-state index is -1.66. The summed E-state index contributed by atoms with van der Waals surface area (Å²) >= 11 is 0. The van der Waals surface area contributed by atoms with Gasteiger partial charge < -0.3 is 25.4 Å². The molecule has 3 amide bonds. The number of ether oxygens (including phenoxy) is 2. The third kappa shape index (κ3) is 12.2. The summed E-state index contributed by atoms with van der Waals surface area (Å²) in [5, 5.41) is 8.44. The lowest BCUT2D eigenvalue weighted by Gasteiger charge is -2.25. The summed E-state index contributed by atoms with van der Waals surface area (Å²) in [5.41, 5.74) is -0.433. The van der Waals surface area contributed by atoms with Crippen LogP contribution in [0, 0.1) is 17.5 Å². The van der Waals surface area contributed by atoms with Gasteiger partial charge in [-0.3, -0.25) is 14.6 Å². The van der Waals surface area contributed by atoms with E-state index in [1.807, 2.05) is 24.3 Å². The third-order valence-corrected chi connectivity index (χ3v) is 6.56. The number of para-hydroxylation sites is 1. The molecule has 0 fully saturated rings. The van der Waals surface area contributed by atoms with Gasteiger partial charge in [-0.1, -0.05) is 18.2 Å². The predicted octanol–water partition coefficient (Wildman–Crippen LogP) is 5.69. The Labute approximate surface area is 271 Å². The summed E-state index contributed by atoms with van der Waals surface area (Å²) in [4.78, 5) is 56.3. The molecule has 2 aromatic carbocycles. The van der Waals surface area contributed by atoms with E-state index in [0.717, 1.165) is 17.5 Å². The van der Waals surface area contributed by atoms with Crippen molar-refractivity contribution in [1.29, 1.82) is 0 Å². The van der Waals surface area contributed by atoms with Gasteiger partial charge in [-0.2, -0.15) is 0 Å². The van der Waals surface area contributed by atoms with Crippen LogP contribution in [0.3, 0.4) is 0 Å². The molecule has 3 rings (SSSR count). The van der Waals surface area contributed by atoms with E-state index >= 15 is 0 Å². The standard InChI is InChI=1S/C34H41F3N4O6/c1-33(2,3)46-31(44)38-13-9-12-26(41-32(45)47-34(4,5)6)30(43)40-27(17-20-15-23(35)29(37)24(36)16-20)28(42)18-21-14-22-10-7-8-11-25(22)39-19-21/h7-8,10-11,14-16,19,26-27H,9,12-13,17-18H2,1-6H3,(H,38,44)(H,40,43)(H,41,45)/t26-,27?/m0/s1. The maximum atomic E-state index is 14.1. The van der Waals surface area contributed by atoms with Crippen LogP contribution in [0.2, 0.25) is 0 Å². The van der Waals surface area contributed by atoms with Crippen LogP contribution in [0.25, 0.3) is 10.9 Å². The zero-order valence-corrected chi connectivity index (χ0v) is 27.3. The van der Waals surface area contributed by atoms with E-state index in [1.54, 1.807) is 47.6 Å². The molecule has 0 saturated carbocycles. The summed E-state index contributed by atoms with van der Waals surface area (Å²) in [5.74, 6) is -5.87. The highest BCUT2D eigenvalue weighted by atomic mass is 19.2. The van der Waals surface area contributed by atoms with E-state index in [1.165, 1.54) is 6.20 Å². The molecule has 0 radical (unpaired) electrons. The molecule has 1 aromatic heterocycles. The monoisotopic (exact) mass is 658 g/mol. The Balaban J connectivity index is 1.83. The Morgan fingerprint density at radius 2 is 1.43 bits per heavy atom. The summed E-state index contributed by atoms with van der Waals surface area (Å²) in [7, 11) is 0. The van der Waals surface area contributed by atoms with E-state index in [0.29, 0.717) is 11.1 Å². The van der Waals surface area contributed by atoms with E-state index in [-0.39, 0.29) is 37.8 Å². The molecule has 0 bridgehead atoms. The van der Waals surface area contributed by atoms with Gasteiger partial charge in [0.05, 0.1) is 11.6 Å². The molecule has 10 nitrogen and oxygen atoms in total. The smallest absolute Gasteiger partial charge is 0.408 e. The van der Waals surface area contributed by atoms with Gasteiger partial charge in [0.1, 0.15) is 17.2 Å². The second-order valence-corrected chi connectivity index (χ2v) is 13.1. The molecule has 254 valence electrons. The molecule has 3 aromatic rings. The summed E-state index contributed by atoms with van der Waals surface area (Å²) in [6.07, 6.45) is -0.394. The van der Waals surface area contributed by atoms with Crippen molar-refractivity contribution in [3.05, 3.63) is 77.2 Å². The van der Waals surface area contributed by atoms with Crippen molar-refractivity contribution in [3.63, 3.8) is 0 Å². The molecule has 0 spiro atoms. The van der Waals surface area contributed by atoms with E-state index in [2.05, 4.69) is 20.9 Å². The highest BCUT2D eigenvalue weighted by Gasteiger charge is 2.29. The second-order valence-electron chi connectivity index (χ2n) is 13.1. The van der Waals surface area contributed by atoms with Crippen LogP contribution in [0.1, 0.15) is 65.5 Å². The summed E-state index contributed by atoms with van der Waals surface area (Å²) in [6, 6.07) is 7.97. The maximum absolute atomic E-state index is 14.1. The molecular formula is C34H41F3N4O6. The Kier molecular flexibility index (Phi) is 12.3. The minimum Gasteiger partial charge on any atom is -0.444 e. The lowest BCUT2D eigenvalue weighted by molar-refractivity contribution is -0.128. The molecule has 1 heterocycles. The van der Waals surface area contributed by atoms with Crippen molar-refractivity contribution in [1.82, 2.24) is 20.9 Å². The fourth-order valence-corrected chi connectivity index (χ4v) is 4.55. The van der Waals surface area contributed by atoms with E-state index in [9.17, 15) is 32.3 Å². The van der Waals surface area contributed by atoms with Gasteiger partial charge in [-0.15, -0.1) is 0 Å². The first-order valence-electron chi connectivity index (χ1n) is 15.2. The molecule has 47 heavy (non-hydrogen) atoms. The van der Waals surface area contributed by atoms with Crippen molar-refractivity contribution in [2.75, 3.05) is 6.54 Å². The predicted molar refractivity (Wildman–Crippen MR) is 169 cm³/mol.